The molecule has 0 N–H and O–H groups in total. The van der Waals surface area contributed by atoms with Crippen LogP contribution < -0.4 is 30.4 Å². The molecule has 6 heteroatoms. The molecule has 3 aliphatic rings. The van der Waals surface area contributed by atoms with Crippen LogP contribution in [-0.2, 0) is 21.7 Å². The molecule has 0 amide bonds. The first-order valence-corrected chi connectivity index (χ1v) is 30.9. The Hall–Kier alpha value is -8.58. The van der Waals surface area contributed by atoms with Gasteiger partial charge in [-0.25, -0.2) is 0 Å². The molecule has 0 spiro atoms. The molecule has 0 saturated heterocycles. The van der Waals surface area contributed by atoms with E-state index < -0.39 is 0 Å². The summed E-state index contributed by atoms with van der Waals surface area (Å²) in [6.07, 6.45) is 2.30. The highest BCUT2D eigenvalue weighted by Crippen LogP contribution is 2.54. The van der Waals surface area contributed by atoms with Crippen molar-refractivity contribution in [2.75, 3.05) is 14.7 Å². The molecule has 12 aromatic rings. The summed E-state index contributed by atoms with van der Waals surface area (Å²) >= 11 is 1.97. The number of nitrogens with zero attached hydrogens (tertiary/aromatic N) is 3. The van der Waals surface area contributed by atoms with Crippen molar-refractivity contribution in [3.05, 3.63) is 241 Å². The topological polar surface area (TPSA) is 22.9 Å². The van der Waals surface area contributed by atoms with Gasteiger partial charge in [0.05, 0.1) is 17.1 Å². The van der Waals surface area contributed by atoms with Gasteiger partial charge < -0.3 is 19.1 Å². The highest BCUT2D eigenvalue weighted by atomic mass is 32.1. The standard InChI is InChI=1S/C78H70BN3OS/c1-75(2,3)52-32-35-54(36-33-52)80(64-29-19-17-26-57(64)50-24-15-12-16-25-50)56-38-40-63-66(48-56)82(65-30-21-28-59-58-27-18-20-31-69(58)83-73(59)65)68-45-51(49-22-13-11-14-23-49)44-67-71(68)79(63)74-72(60-46-53(76(4,5)6)34-41-70(60)84-74)81(67)55-37-39-61-62(47-55)78(9,10)43-42-77(61,7)8/h11-41,44-48H,42-43H2,1-10H3. The van der Waals surface area contributed by atoms with Crippen LogP contribution in [0, 0.1) is 0 Å². The van der Waals surface area contributed by atoms with Crippen LogP contribution >= 0.6 is 11.3 Å². The summed E-state index contributed by atoms with van der Waals surface area (Å²) in [4.78, 5) is 7.74. The van der Waals surface area contributed by atoms with Crippen molar-refractivity contribution in [2.45, 2.75) is 104 Å². The average molecular weight is 1110 g/mol. The number of hydrogen-bond acceptors (Lipinski definition) is 5. The van der Waals surface area contributed by atoms with Gasteiger partial charge in [0.25, 0.3) is 6.71 Å². The molecule has 10 aromatic carbocycles. The minimum atomic E-state index is -0.110. The van der Waals surface area contributed by atoms with Crippen molar-refractivity contribution >= 4 is 117 Å². The maximum Gasteiger partial charge on any atom is 0.264 e. The largest absolute Gasteiger partial charge is 0.454 e. The average Bonchev–Trinajstić information content (AvgIpc) is 1.31. The minimum Gasteiger partial charge on any atom is -0.454 e. The molecule has 84 heavy (non-hydrogen) atoms. The summed E-state index contributed by atoms with van der Waals surface area (Å²) in [6.45, 7) is 23.6. The van der Waals surface area contributed by atoms with Gasteiger partial charge >= 0.3 is 0 Å². The lowest BCUT2D eigenvalue weighted by Gasteiger charge is -2.45. The van der Waals surface area contributed by atoms with Crippen LogP contribution in [0.25, 0.3) is 54.3 Å². The van der Waals surface area contributed by atoms with Crippen molar-refractivity contribution in [1.82, 2.24) is 0 Å². The van der Waals surface area contributed by atoms with Crippen molar-refractivity contribution in [1.29, 1.82) is 0 Å². The number of furan rings is 1. The molecule has 15 rings (SSSR count). The van der Waals surface area contributed by atoms with E-state index in [2.05, 4.69) is 302 Å². The van der Waals surface area contributed by atoms with Crippen LogP contribution in [0.3, 0.4) is 0 Å². The first-order valence-electron chi connectivity index (χ1n) is 30.1. The number of hydrogen-bond donors (Lipinski definition) is 0. The lowest BCUT2D eigenvalue weighted by Crippen LogP contribution is -2.60. The molecular formula is C78H70BN3OS. The Morgan fingerprint density at radius 3 is 1.85 bits per heavy atom. The van der Waals surface area contributed by atoms with E-state index >= 15 is 0 Å². The molecule has 4 nitrogen and oxygen atoms in total. The first kappa shape index (κ1) is 52.2. The molecule has 0 radical (unpaired) electrons. The molecule has 0 unspecified atom stereocenters. The van der Waals surface area contributed by atoms with Crippen LogP contribution in [0.15, 0.2) is 223 Å². The van der Waals surface area contributed by atoms with Crippen LogP contribution in [0.4, 0.5) is 51.2 Å². The number of thiophene rings is 1. The zero-order chi connectivity index (χ0) is 57.6. The lowest BCUT2D eigenvalue weighted by atomic mass is 9.36. The molecule has 1 aliphatic carbocycles. The van der Waals surface area contributed by atoms with Gasteiger partial charge in [-0.1, -0.05) is 209 Å². The third-order valence-electron chi connectivity index (χ3n) is 18.8. The summed E-state index contributed by atoms with van der Waals surface area (Å²) in [5.74, 6) is 0. The summed E-state index contributed by atoms with van der Waals surface area (Å²) in [5, 5.41) is 3.50. The third kappa shape index (κ3) is 8.30. The van der Waals surface area contributed by atoms with E-state index in [0.29, 0.717) is 0 Å². The van der Waals surface area contributed by atoms with Gasteiger partial charge in [-0.05, 0) is 163 Å². The van der Waals surface area contributed by atoms with E-state index in [-0.39, 0.29) is 28.4 Å². The van der Waals surface area contributed by atoms with E-state index in [9.17, 15) is 0 Å². The summed E-state index contributed by atoms with van der Waals surface area (Å²) < 4.78 is 9.80. The molecule has 0 atom stereocenters. The van der Waals surface area contributed by atoms with Gasteiger partial charge in [0.1, 0.15) is 5.58 Å². The number of para-hydroxylation sites is 3. The van der Waals surface area contributed by atoms with Crippen LogP contribution in [0.1, 0.15) is 104 Å². The third-order valence-corrected chi connectivity index (χ3v) is 20.0. The fraction of sp³-hybridized carbons (Fsp3) is 0.205. The minimum absolute atomic E-state index is 0.00623. The van der Waals surface area contributed by atoms with Crippen molar-refractivity contribution < 1.29 is 4.42 Å². The van der Waals surface area contributed by atoms with E-state index in [1.165, 1.54) is 76.2 Å². The SMILES string of the molecule is CC(C)(C)c1ccc(N(c2ccc3c(c2)N(c2cccc4c2oc2ccccc24)c2cc(-c4ccccc4)cc4c2B3c2sc3ccc(C(C)(C)C)cc3c2N4c2ccc3c(c2)C(C)(C)CCC3(C)C)c2ccccc2-c2ccccc2)cc1. The lowest BCUT2D eigenvalue weighted by molar-refractivity contribution is 0.332. The van der Waals surface area contributed by atoms with E-state index in [4.69, 9.17) is 4.42 Å². The number of anilines is 9. The fourth-order valence-electron chi connectivity index (χ4n) is 14.1. The quantitative estimate of drug-likeness (QED) is 0.148. The zero-order valence-corrected chi connectivity index (χ0v) is 50.8. The van der Waals surface area contributed by atoms with Crippen LogP contribution in [0.2, 0.25) is 0 Å². The Kier molecular flexibility index (Phi) is 11.8. The predicted molar refractivity (Wildman–Crippen MR) is 361 cm³/mol. The monoisotopic (exact) mass is 1110 g/mol. The normalized spacial score (nSPS) is 15.0. The number of fused-ring (bicyclic) bond motifs is 10. The van der Waals surface area contributed by atoms with E-state index in [1.807, 2.05) is 11.3 Å². The Labute approximate surface area is 499 Å². The fourth-order valence-corrected chi connectivity index (χ4v) is 15.4. The van der Waals surface area contributed by atoms with Crippen molar-refractivity contribution in [2.24, 2.45) is 0 Å². The molecule has 0 fully saturated rings. The van der Waals surface area contributed by atoms with Crippen molar-refractivity contribution in [3.8, 4) is 22.3 Å². The Morgan fingerprint density at radius 1 is 0.476 bits per heavy atom. The molecule has 2 aliphatic heterocycles. The van der Waals surface area contributed by atoms with Gasteiger partial charge in [-0.2, -0.15) is 0 Å². The summed E-state index contributed by atoms with van der Waals surface area (Å²) in [7, 11) is 0. The Balaban J connectivity index is 1.07. The highest BCUT2D eigenvalue weighted by Gasteiger charge is 2.47. The summed E-state index contributed by atoms with van der Waals surface area (Å²) in [6, 6.07) is 82.4. The second kappa shape index (κ2) is 19.0. The second-order valence-corrected chi connectivity index (χ2v) is 28.3. The first-order chi connectivity index (χ1) is 40.4. The van der Waals surface area contributed by atoms with Crippen LogP contribution in [-0.4, -0.2) is 6.71 Å². The van der Waals surface area contributed by atoms with E-state index in [0.717, 1.165) is 80.0 Å². The van der Waals surface area contributed by atoms with Gasteiger partial charge in [-0.15, -0.1) is 11.3 Å². The van der Waals surface area contributed by atoms with Crippen LogP contribution in [0.5, 0.6) is 0 Å². The molecule has 4 heterocycles. The maximum atomic E-state index is 7.15. The van der Waals surface area contributed by atoms with Gasteiger partial charge in [0.15, 0.2) is 5.58 Å². The van der Waals surface area contributed by atoms with Gasteiger partial charge in [0.2, 0.25) is 0 Å². The molecule has 0 bridgehead atoms. The van der Waals surface area contributed by atoms with Gasteiger partial charge in [-0.3, -0.25) is 0 Å². The molecule has 0 saturated carbocycles. The Morgan fingerprint density at radius 2 is 1.11 bits per heavy atom. The Bertz CT molecular complexity index is 4590. The van der Waals surface area contributed by atoms with E-state index in [1.54, 1.807) is 0 Å². The number of benzene rings is 10. The highest BCUT2D eigenvalue weighted by molar-refractivity contribution is 7.33. The van der Waals surface area contributed by atoms with Crippen molar-refractivity contribution in [3.63, 3.8) is 0 Å². The molecule has 2 aromatic heterocycles. The molecule has 412 valence electrons. The smallest absolute Gasteiger partial charge is 0.264 e. The summed E-state index contributed by atoms with van der Waals surface area (Å²) in [5.41, 5.74) is 24.7. The second-order valence-electron chi connectivity index (χ2n) is 27.2. The maximum absolute atomic E-state index is 7.15. The molecular weight excluding hydrogens is 1040 g/mol. The number of rotatable bonds is 7. The van der Waals surface area contributed by atoms with Gasteiger partial charge in [0, 0.05) is 65.3 Å². The predicted octanol–water partition coefficient (Wildman–Crippen LogP) is 20.6. The zero-order valence-electron chi connectivity index (χ0n) is 49.9.